The van der Waals surface area contributed by atoms with Crippen LogP contribution < -0.4 is 5.32 Å². The van der Waals surface area contributed by atoms with Gasteiger partial charge in [0.15, 0.2) is 0 Å². The number of carboxylic acid groups (broad SMARTS) is 1. The zero-order valence-electron chi connectivity index (χ0n) is 15.2. The molecule has 2 aliphatic carbocycles. The molecule has 140 valence electrons. The second-order valence-electron chi connectivity index (χ2n) is 7.62. The molecule has 0 bridgehead atoms. The van der Waals surface area contributed by atoms with Gasteiger partial charge in [-0.05, 0) is 31.6 Å². The molecule has 0 aliphatic heterocycles. The Kier molecular flexibility index (Phi) is 5.75. The maximum absolute atomic E-state index is 12.1. The van der Waals surface area contributed by atoms with Crippen molar-refractivity contribution < 1.29 is 29.0 Å². The molecule has 7 nitrogen and oxygen atoms in total. The van der Waals surface area contributed by atoms with Crippen LogP contribution in [-0.4, -0.2) is 36.0 Å². The van der Waals surface area contributed by atoms with Crippen molar-refractivity contribution in [2.24, 2.45) is 23.2 Å². The molecule has 0 heterocycles. The molecule has 4 atom stereocenters. The Bertz CT molecular complexity index is 584. The van der Waals surface area contributed by atoms with Gasteiger partial charge in [-0.25, -0.2) is 4.79 Å². The predicted molar refractivity (Wildman–Crippen MR) is 89.5 cm³/mol. The van der Waals surface area contributed by atoms with Crippen molar-refractivity contribution in [1.82, 2.24) is 5.32 Å². The minimum absolute atomic E-state index is 0.00970. The van der Waals surface area contributed by atoms with Crippen LogP contribution in [0.25, 0.3) is 0 Å². The molecule has 2 aliphatic rings. The van der Waals surface area contributed by atoms with Crippen molar-refractivity contribution in [2.75, 3.05) is 6.54 Å². The average Bonchev–Trinajstić information content (AvgIpc) is 2.78. The van der Waals surface area contributed by atoms with E-state index in [9.17, 15) is 19.5 Å². The number of carbonyl (C=O) groups excluding carboxylic acids is 2. The van der Waals surface area contributed by atoms with E-state index in [0.717, 1.165) is 12.8 Å². The fourth-order valence-corrected chi connectivity index (χ4v) is 4.02. The van der Waals surface area contributed by atoms with Gasteiger partial charge in [0.1, 0.15) is 0 Å². The maximum atomic E-state index is 12.1. The first kappa shape index (κ1) is 19.3. The molecule has 0 saturated heterocycles. The van der Waals surface area contributed by atoms with E-state index in [-0.39, 0.29) is 24.8 Å². The summed E-state index contributed by atoms with van der Waals surface area (Å²) in [4.78, 5) is 34.5. The van der Waals surface area contributed by atoms with Crippen molar-refractivity contribution in [2.45, 2.75) is 53.2 Å². The number of ether oxygens (including phenoxy) is 2. The van der Waals surface area contributed by atoms with Crippen molar-refractivity contribution in [3.63, 3.8) is 0 Å². The first-order valence-corrected chi connectivity index (χ1v) is 8.64. The van der Waals surface area contributed by atoms with Gasteiger partial charge in [-0.3, -0.25) is 9.59 Å². The molecule has 1 fully saturated rings. The minimum atomic E-state index is -0.962. The van der Waals surface area contributed by atoms with E-state index in [1.165, 1.54) is 12.5 Å². The van der Waals surface area contributed by atoms with E-state index in [0.29, 0.717) is 5.92 Å². The lowest BCUT2D eigenvalue weighted by Crippen LogP contribution is -2.53. The number of esters is 1. The summed E-state index contributed by atoms with van der Waals surface area (Å²) in [5.41, 5.74) is 0.807. The first-order chi connectivity index (χ1) is 11.6. The average molecular weight is 353 g/mol. The Labute approximate surface area is 147 Å². The van der Waals surface area contributed by atoms with Crippen LogP contribution in [0, 0.1) is 23.2 Å². The van der Waals surface area contributed by atoms with Gasteiger partial charge >= 0.3 is 18.0 Å². The third-order valence-electron chi connectivity index (χ3n) is 5.07. The van der Waals surface area contributed by atoms with Gasteiger partial charge in [-0.1, -0.05) is 25.5 Å². The summed E-state index contributed by atoms with van der Waals surface area (Å²) in [6.07, 6.45) is 2.26. The highest BCUT2D eigenvalue weighted by Gasteiger charge is 2.55. The van der Waals surface area contributed by atoms with E-state index >= 15 is 0 Å². The van der Waals surface area contributed by atoms with Gasteiger partial charge in [0.25, 0.3) is 6.29 Å². The molecule has 25 heavy (non-hydrogen) atoms. The lowest BCUT2D eigenvalue weighted by Gasteiger charge is -2.51. The van der Waals surface area contributed by atoms with Gasteiger partial charge in [0.05, 0.1) is 6.42 Å². The van der Waals surface area contributed by atoms with Gasteiger partial charge in [-0.15, -0.1) is 0 Å². The zero-order chi connectivity index (χ0) is 18.8. The lowest BCUT2D eigenvalue weighted by molar-refractivity contribution is -0.172. The minimum Gasteiger partial charge on any atom is -0.481 e. The Morgan fingerprint density at radius 2 is 2.04 bits per heavy atom. The van der Waals surface area contributed by atoms with Gasteiger partial charge in [-0.2, -0.15) is 0 Å². The van der Waals surface area contributed by atoms with Crippen molar-refractivity contribution in [3.05, 3.63) is 11.6 Å². The second-order valence-corrected chi connectivity index (χ2v) is 7.62. The smallest absolute Gasteiger partial charge is 0.410 e. The molecule has 0 aromatic heterocycles. The first-order valence-electron chi connectivity index (χ1n) is 8.64. The predicted octanol–water partition coefficient (Wildman–Crippen LogP) is 2.71. The number of carboxylic acids is 1. The molecule has 0 aromatic rings. The largest absolute Gasteiger partial charge is 0.481 e. The van der Waals surface area contributed by atoms with Gasteiger partial charge in [0.2, 0.25) is 0 Å². The van der Waals surface area contributed by atoms with Crippen LogP contribution in [0.1, 0.15) is 47.0 Å². The zero-order valence-corrected chi connectivity index (χ0v) is 15.2. The number of nitrogens with one attached hydrogen (secondary N) is 1. The number of aliphatic carboxylic acids is 1. The molecule has 0 unspecified atom stereocenters. The second kappa shape index (κ2) is 7.45. The topological polar surface area (TPSA) is 102 Å². The Balaban J connectivity index is 1.95. The molecule has 0 spiro atoms. The van der Waals surface area contributed by atoms with Crippen LogP contribution in [0.4, 0.5) is 4.79 Å². The van der Waals surface area contributed by atoms with E-state index in [4.69, 9.17) is 9.47 Å². The molecule has 1 amide bonds. The van der Waals surface area contributed by atoms with Crippen LogP contribution in [-0.2, 0) is 19.1 Å². The van der Waals surface area contributed by atoms with Crippen LogP contribution in [0.2, 0.25) is 0 Å². The number of alkyl carbamates (subject to hydrolysis) is 1. The standard InChI is InChI=1S/C18H27NO6/c1-10(2)16(24-12(4)20)25-17(23)19-9-18(8-15(21)22)7-13-5-11(3)6-14(13)18/h6,10,13-14,16H,5,7-9H2,1-4H3,(H,19,23)(H,21,22)/t13-,14-,16-,18-/m1/s1. The molecule has 1 saturated carbocycles. The van der Waals surface area contributed by atoms with E-state index in [1.807, 2.05) is 0 Å². The molecule has 0 radical (unpaired) electrons. The van der Waals surface area contributed by atoms with Crippen LogP contribution in [0.5, 0.6) is 0 Å². The van der Waals surface area contributed by atoms with Crippen molar-refractivity contribution >= 4 is 18.0 Å². The number of rotatable bonds is 7. The van der Waals surface area contributed by atoms with Gasteiger partial charge < -0.3 is 19.9 Å². The Hall–Kier alpha value is -2.05. The highest BCUT2D eigenvalue weighted by molar-refractivity contribution is 5.70. The molecule has 2 rings (SSSR count). The monoisotopic (exact) mass is 353 g/mol. The summed E-state index contributed by atoms with van der Waals surface area (Å²) in [5.74, 6) is -0.926. The maximum Gasteiger partial charge on any atom is 0.410 e. The highest BCUT2D eigenvalue weighted by atomic mass is 16.7. The van der Waals surface area contributed by atoms with E-state index in [2.05, 4.69) is 18.3 Å². The molecule has 7 heteroatoms. The molecule has 2 N–H and O–H groups in total. The summed E-state index contributed by atoms with van der Waals surface area (Å²) in [7, 11) is 0. The van der Waals surface area contributed by atoms with Gasteiger partial charge in [0, 0.05) is 24.8 Å². The number of carbonyl (C=O) groups is 3. The van der Waals surface area contributed by atoms with Crippen molar-refractivity contribution in [1.29, 1.82) is 0 Å². The van der Waals surface area contributed by atoms with E-state index < -0.39 is 29.7 Å². The number of allylic oxidation sites excluding steroid dienone is 2. The quantitative estimate of drug-likeness (QED) is 0.414. The van der Waals surface area contributed by atoms with Crippen LogP contribution >= 0.6 is 0 Å². The Morgan fingerprint density at radius 3 is 2.56 bits per heavy atom. The summed E-state index contributed by atoms with van der Waals surface area (Å²) in [6, 6.07) is 0. The molecule has 0 aromatic carbocycles. The SMILES string of the molecule is CC(=O)O[C@H](OC(=O)NC[C@]1(CC(=O)O)C[C@H]2CC(C)=C[C@H]21)C(C)C. The Morgan fingerprint density at radius 1 is 1.36 bits per heavy atom. The molecular weight excluding hydrogens is 326 g/mol. The fourth-order valence-electron chi connectivity index (χ4n) is 4.02. The number of fused-ring (bicyclic) bond motifs is 1. The van der Waals surface area contributed by atoms with E-state index in [1.54, 1.807) is 13.8 Å². The summed E-state index contributed by atoms with van der Waals surface area (Å²) < 4.78 is 10.1. The summed E-state index contributed by atoms with van der Waals surface area (Å²) in [5, 5.41) is 11.9. The lowest BCUT2D eigenvalue weighted by atomic mass is 9.53. The summed E-state index contributed by atoms with van der Waals surface area (Å²) >= 11 is 0. The summed E-state index contributed by atoms with van der Waals surface area (Å²) in [6.45, 7) is 7.08. The van der Waals surface area contributed by atoms with Crippen LogP contribution in [0.3, 0.4) is 0 Å². The number of hydrogen-bond acceptors (Lipinski definition) is 5. The third kappa shape index (κ3) is 4.52. The normalized spacial score (nSPS) is 28.4. The fraction of sp³-hybridized carbons (Fsp3) is 0.722. The number of hydrogen-bond donors (Lipinski definition) is 2. The number of amides is 1. The molecular formula is C18H27NO6. The van der Waals surface area contributed by atoms with Crippen molar-refractivity contribution in [3.8, 4) is 0 Å². The third-order valence-corrected chi connectivity index (χ3v) is 5.07. The van der Waals surface area contributed by atoms with Crippen LogP contribution in [0.15, 0.2) is 11.6 Å². The highest BCUT2D eigenvalue weighted by Crippen LogP contribution is 2.59.